The number of piperidine rings is 1. The van der Waals surface area contributed by atoms with E-state index in [0.717, 1.165) is 11.3 Å². The molecule has 3 aromatic rings. The zero-order valence-electron chi connectivity index (χ0n) is 25.4. The average molecular weight is 687 g/mol. The number of likely N-dealkylation sites (tertiary alicyclic amines) is 1. The molecule has 47 heavy (non-hydrogen) atoms. The molecule has 0 radical (unpaired) electrons. The van der Waals surface area contributed by atoms with Crippen molar-refractivity contribution in [3.05, 3.63) is 46.6 Å². The standard InChI is InChI=1S/C32H36F6N4O4S/c33-19-46-29-14-28(42-9-11-45-12-10-42)23(34)13-27(29)39-7-2-5-30-22(15-32(36,37)38)21-3-1-4-26(31(21)47-30)40-25-6-8-41(17-24(25)35)16-20(44)18-43/h1,3-4,13-14,20,24-25,39-40,43-44H,6-12,15-19H2. The van der Waals surface area contributed by atoms with Crippen molar-refractivity contribution in [1.82, 2.24) is 4.90 Å². The van der Waals surface area contributed by atoms with Gasteiger partial charge in [-0.15, -0.1) is 11.3 Å². The van der Waals surface area contributed by atoms with Crippen LogP contribution in [0.1, 0.15) is 16.9 Å². The lowest BCUT2D eigenvalue weighted by atomic mass is 10.0. The molecule has 2 aliphatic heterocycles. The van der Waals surface area contributed by atoms with E-state index < -0.39 is 50.2 Å². The molecule has 15 heteroatoms. The number of ether oxygens (including phenoxy) is 2. The molecule has 4 N–H and O–H groups in total. The topological polar surface area (TPSA) is 89.5 Å². The fraction of sp³-hybridized carbons (Fsp3) is 0.500. The van der Waals surface area contributed by atoms with Crippen molar-refractivity contribution >= 4 is 38.5 Å². The summed E-state index contributed by atoms with van der Waals surface area (Å²) < 4.78 is 95.2. The van der Waals surface area contributed by atoms with Crippen LogP contribution in [0.25, 0.3) is 10.1 Å². The fourth-order valence-electron chi connectivity index (χ4n) is 5.78. The molecule has 2 fully saturated rings. The van der Waals surface area contributed by atoms with Gasteiger partial charge in [0.1, 0.15) is 17.7 Å². The maximum Gasteiger partial charge on any atom is 0.393 e. The summed E-state index contributed by atoms with van der Waals surface area (Å²) in [7, 11) is 0. The van der Waals surface area contributed by atoms with E-state index in [1.165, 1.54) is 12.1 Å². The van der Waals surface area contributed by atoms with Crippen molar-refractivity contribution in [3.8, 4) is 17.6 Å². The summed E-state index contributed by atoms with van der Waals surface area (Å²) in [5, 5.41) is 25.2. The Labute approximate surface area is 272 Å². The van der Waals surface area contributed by atoms with Crippen LogP contribution in [-0.4, -0.2) is 106 Å². The van der Waals surface area contributed by atoms with Crippen LogP contribution in [-0.2, 0) is 11.2 Å². The zero-order chi connectivity index (χ0) is 33.6. The Morgan fingerprint density at radius 1 is 1.15 bits per heavy atom. The normalized spacial score (nSPS) is 19.7. The monoisotopic (exact) mass is 686 g/mol. The van der Waals surface area contributed by atoms with E-state index in [2.05, 4.69) is 22.5 Å². The highest BCUT2D eigenvalue weighted by atomic mass is 32.1. The molecule has 3 heterocycles. The molecule has 8 nitrogen and oxygen atoms in total. The Hall–Kier alpha value is -3.42. The third-order valence-corrected chi connectivity index (χ3v) is 9.22. The second-order valence-corrected chi connectivity index (χ2v) is 12.4. The lowest BCUT2D eigenvalue weighted by Gasteiger charge is -2.36. The number of rotatable bonds is 11. The lowest BCUT2D eigenvalue weighted by Crippen LogP contribution is -2.50. The van der Waals surface area contributed by atoms with Gasteiger partial charge in [-0.3, -0.25) is 4.90 Å². The molecule has 256 valence electrons. The van der Waals surface area contributed by atoms with Crippen LogP contribution in [0.3, 0.4) is 0 Å². The Morgan fingerprint density at radius 2 is 1.94 bits per heavy atom. The number of alkyl halides is 5. The molecular formula is C32H36F6N4O4S. The molecule has 0 saturated carbocycles. The first-order valence-electron chi connectivity index (χ1n) is 15.2. The van der Waals surface area contributed by atoms with Crippen LogP contribution < -0.4 is 20.3 Å². The minimum absolute atomic E-state index is 0.000573. The number of β-amino-alcohol motifs (C(OH)–C–C–N with tert-alkyl or cyclic N) is 1. The predicted octanol–water partition coefficient (Wildman–Crippen LogP) is 4.93. The van der Waals surface area contributed by atoms with E-state index in [9.17, 15) is 22.7 Å². The number of morpholine rings is 1. The van der Waals surface area contributed by atoms with Gasteiger partial charge in [-0.25, -0.2) is 13.2 Å². The molecule has 2 aliphatic rings. The summed E-state index contributed by atoms with van der Waals surface area (Å²) >= 11 is 1.06. The van der Waals surface area contributed by atoms with E-state index in [0.29, 0.717) is 55.0 Å². The van der Waals surface area contributed by atoms with Crippen LogP contribution in [0, 0.1) is 17.7 Å². The molecule has 1 aromatic heterocycles. The van der Waals surface area contributed by atoms with E-state index in [-0.39, 0.29) is 47.2 Å². The van der Waals surface area contributed by atoms with Gasteiger partial charge in [0.05, 0.1) is 71.6 Å². The quantitative estimate of drug-likeness (QED) is 0.167. The minimum atomic E-state index is -4.51. The zero-order valence-corrected chi connectivity index (χ0v) is 26.2. The summed E-state index contributed by atoms with van der Waals surface area (Å²) in [4.78, 5) is 3.67. The number of hydrogen-bond donors (Lipinski definition) is 4. The molecule has 0 spiro atoms. The average Bonchev–Trinajstić information content (AvgIpc) is 3.38. The maximum absolute atomic E-state index is 15.1. The first-order chi connectivity index (χ1) is 22.6. The van der Waals surface area contributed by atoms with Crippen LogP contribution in [0.15, 0.2) is 30.3 Å². The second kappa shape index (κ2) is 15.7. The lowest BCUT2D eigenvalue weighted by molar-refractivity contribution is -0.126. The summed E-state index contributed by atoms with van der Waals surface area (Å²) in [6.07, 6.45) is -7.63. The number of halogens is 6. The smallest absolute Gasteiger partial charge is 0.393 e. The first-order valence-corrected chi connectivity index (χ1v) is 16.0. The van der Waals surface area contributed by atoms with Crippen molar-refractivity contribution in [2.45, 2.75) is 37.3 Å². The molecule has 2 saturated heterocycles. The number of aliphatic hydroxyl groups excluding tert-OH is 2. The SMILES string of the molecule is OCC(O)CN1CCC(Nc2cccc3c(CC(F)(F)F)c(C#CCNc4cc(F)c(N5CCOCC5)cc4OCF)sc23)C(F)C1. The van der Waals surface area contributed by atoms with Gasteiger partial charge in [-0.05, 0) is 23.4 Å². The number of nitrogens with one attached hydrogen (secondary N) is 2. The molecule has 0 amide bonds. The Kier molecular flexibility index (Phi) is 11.6. The van der Waals surface area contributed by atoms with E-state index in [1.807, 2.05) is 0 Å². The minimum Gasteiger partial charge on any atom is -0.461 e. The number of anilines is 3. The molecule has 3 atom stereocenters. The highest BCUT2D eigenvalue weighted by Gasteiger charge is 2.33. The molecule has 0 bridgehead atoms. The summed E-state index contributed by atoms with van der Waals surface area (Å²) in [5.41, 5.74) is 0.871. The Bertz CT molecular complexity index is 1570. The van der Waals surface area contributed by atoms with E-state index in [1.54, 1.807) is 28.0 Å². The predicted molar refractivity (Wildman–Crippen MR) is 169 cm³/mol. The largest absolute Gasteiger partial charge is 0.461 e. The van der Waals surface area contributed by atoms with Crippen molar-refractivity contribution in [2.75, 3.05) is 81.5 Å². The third kappa shape index (κ3) is 8.94. The summed E-state index contributed by atoms with van der Waals surface area (Å²) in [6.45, 7) is 0.739. The first kappa shape index (κ1) is 34.9. The highest BCUT2D eigenvalue weighted by molar-refractivity contribution is 7.20. The van der Waals surface area contributed by atoms with Crippen LogP contribution in [0.5, 0.6) is 5.75 Å². The van der Waals surface area contributed by atoms with Crippen molar-refractivity contribution in [3.63, 3.8) is 0 Å². The number of hydrogen-bond acceptors (Lipinski definition) is 9. The number of aliphatic hydroxyl groups is 2. The number of thiophene rings is 1. The van der Waals surface area contributed by atoms with Crippen LogP contribution in [0.2, 0.25) is 0 Å². The molecule has 5 rings (SSSR count). The number of benzene rings is 2. The van der Waals surface area contributed by atoms with E-state index >= 15 is 8.78 Å². The summed E-state index contributed by atoms with van der Waals surface area (Å²) in [5.74, 6) is 5.12. The second-order valence-electron chi connectivity index (χ2n) is 11.3. The van der Waals surface area contributed by atoms with Gasteiger partial charge in [-0.2, -0.15) is 13.2 Å². The molecule has 0 aliphatic carbocycles. The number of nitrogens with zero attached hydrogens (tertiary/aromatic N) is 2. The van der Waals surface area contributed by atoms with Crippen molar-refractivity contribution < 1.29 is 46.0 Å². The van der Waals surface area contributed by atoms with Gasteiger partial charge >= 0.3 is 6.18 Å². The fourth-order valence-corrected chi connectivity index (χ4v) is 6.95. The highest BCUT2D eigenvalue weighted by Crippen LogP contribution is 2.40. The summed E-state index contributed by atoms with van der Waals surface area (Å²) in [6, 6.07) is 6.82. The van der Waals surface area contributed by atoms with Crippen molar-refractivity contribution in [1.29, 1.82) is 0 Å². The van der Waals surface area contributed by atoms with Gasteiger partial charge in [-0.1, -0.05) is 24.0 Å². The third-order valence-electron chi connectivity index (χ3n) is 8.02. The van der Waals surface area contributed by atoms with Gasteiger partial charge in [0.15, 0.2) is 0 Å². The van der Waals surface area contributed by atoms with Gasteiger partial charge < -0.3 is 35.2 Å². The van der Waals surface area contributed by atoms with Gasteiger partial charge in [0, 0.05) is 44.9 Å². The number of fused-ring (bicyclic) bond motifs is 1. The van der Waals surface area contributed by atoms with Gasteiger partial charge in [0.25, 0.3) is 0 Å². The Balaban J connectivity index is 1.35. The van der Waals surface area contributed by atoms with Gasteiger partial charge in [0.2, 0.25) is 6.86 Å². The molecular weight excluding hydrogens is 650 g/mol. The molecule has 2 aromatic carbocycles. The van der Waals surface area contributed by atoms with Crippen LogP contribution in [0.4, 0.5) is 43.4 Å². The molecule has 3 unspecified atom stereocenters. The van der Waals surface area contributed by atoms with Crippen LogP contribution >= 0.6 is 11.3 Å². The van der Waals surface area contributed by atoms with E-state index in [4.69, 9.17) is 14.6 Å². The Morgan fingerprint density at radius 3 is 2.64 bits per heavy atom. The van der Waals surface area contributed by atoms with Crippen molar-refractivity contribution in [2.24, 2.45) is 0 Å². The maximum atomic E-state index is 15.1.